The number of alkyl carbamates (subject to hydrolysis) is 1. The maximum Gasteiger partial charge on any atom is 0.408 e. The van der Waals surface area contributed by atoms with Crippen LogP contribution in [0.25, 0.3) is 0 Å². The summed E-state index contributed by atoms with van der Waals surface area (Å²) in [5.74, 6) is -5.35. The van der Waals surface area contributed by atoms with Crippen molar-refractivity contribution in [1.82, 2.24) is 31.1 Å². The van der Waals surface area contributed by atoms with Crippen LogP contribution in [0.3, 0.4) is 0 Å². The third kappa shape index (κ3) is 18.1. The van der Waals surface area contributed by atoms with Gasteiger partial charge in [-0.2, -0.15) is 0 Å². The molecule has 0 aliphatic carbocycles. The van der Waals surface area contributed by atoms with Crippen molar-refractivity contribution in [2.75, 3.05) is 21.2 Å². The van der Waals surface area contributed by atoms with Gasteiger partial charge in [-0.25, -0.2) is 9.59 Å². The highest BCUT2D eigenvalue weighted by molar-refractivity contribution is 5.94. The molecule has 18 heteroatoms. The molecular weight excluding hydrogens is 875 g/mol. The van der Waals surface area contributed by atoms with E-state index in [1.165, 1.54) is 33.0 Å². The number of primary amides is 1. The zero-order valence-electron chi connectivity index (χ0n) is 40.3. The lowest BCUT2D eigenvalue weighted by atomic mass is 9.97. The largest absolute Gasteiger partial charge is 0.467 e. The molecule has 18 nitrogen and oxygen atoms in total. The SMILES string of the molecule is COC(=O)[C@H](Cc1ccccc1)N(C)C(=O)[C@H](C)NC(=O)[C@H](CC(C)C)NC(=O)C[C@H](O)[C@H](Cc1ccccc1)NC(=O)[C@H](CCC(N)=O)N(C)C(=O)[C@@H](NC(=O)OCc1ccccc1)C(C)C. The first-order valence-corrected chi connectivity index (χ1v) is 22.7. The predicted octanol–water partition coefficient (Wildman–Crippen LogP) is 2.79. The van der Waals surface area contributed by atoms with Gasteiger partial charge in [-0.1, -0.05) is 119 Å². The molecule has 0 saturated carbocycles. The van der Waals surface area contributed by atoms with E-state index >= 15 is 0 Å². The number of aliphatic hydroxyl groups excluding tert-OH is 1. The Morgan fingerprint density at radius 3 is 1.71 bits per heavy atom. The summed E-state index contributed by atoms with van der Waals surface area (Å²) in [6.07, 6.45) is -3.12. The number of carbonyl (C=O) groups is 8. The highest BCUT2D eigenvalue weighted by Gasteiger charge is 2.37. The van der Waals surface area contributed by atoms with Crippen LogP contribution in [0.15, 0.2) is 91.0 Å². The van der Waals surface area contributed by atoms with Gasteiger partial charge in [0.05, 0.1) is 25.7 Å². The fraction of sp³-hybridized carbons (Fsp3) is 0.480. The summed E-state index contributed by atoms with van der Waals surface area (Å²) in [6, 6.07) is 20.0. The first kappa shape index (κ1) is 55.5. The minimum absolute atomic E-state index is 0.0323. The van der Waals surface area contributed by atoms with E-state index < -0.39 is 102 Å². The number of nitrogens with one attached hydrogen (secondary N) is 4. The molecule has 0 fully saturated rings. The normalized spacial score (nSPS) is 14.2. The molecule has 7 atom stereocenters. The summed E-state index contributed by atoms with van der Waals surface area (Å²) in [5, 5.41) is 22.4. The van der Waals surface area contributed by atoms with Crippen molar-refractivity contribution in [3.63, 3.8) is 0 Å². The molecule has 7 amide bonds. The predicted molar refractivity (Wildman–Crippen MR) is 254 cm³/mol. The van der Waals surface area contributed by atoms with Gasteiger partial charge in [0.15, 0.2) is 0 Å². The van der Waals surface area contributed by atoms with Crippen LogP contribution in [-0.4, -0.2) is 126 Å². The lowest BCUT2D eigenvalue weighted by Crippen LogP contribution is -2.58. The van der Waals surface area contributed by atoms with Crippen molar-refractivity contribution in [1.29, 1.82) is 0 Å². The second-order valence-electron chi connectivity index (χ2n) is 17.6. The van der Waals surface area contributed by atoms with Crippen molar-refractivity contribution in [2.24, 2.45) is 17.6 Å². The lowest BCUT2D eigenvalue weighted by Gasteiger charge is -2.34. The van der Waals surface area contributed by atoms with E-state index in [1.54, 1.807) is 68.4 Å². The monoisotopic (exact) mass is 944 g/mol. The molecule has 3 aromatic carbocycles. The van der Waals surface area contributed by atoms with Crippen LogP contribution in [0.4, 0.5) is 4.79 Å². The van der Waals surface area contributed by atoms with Gasteiger partial charge in [-0.05, 0) is 54.7 Å². The van der Waals surface area contributed by atoms with E-state index in [-0.39, 0.29) is 44.6 Å². The first-order valence-electron chi connectivity index (χ1n) is 22.7. The molecule has 0 aliphatic rings. The molecular formula is C50H69N7O11. The molecule has 0 unspecified atom stereocenters. The minimum Gasteiger partial charge on any atom is -0.467 e. The Bertz CT molecular complexity index is 2130. The Morgan fingerprint density at radius 1 is 0.662 bits per heavy atom. The topological polar surface area (TPSA) is 256 Å². The van der Waals surface area contributed by atoms with Gasteiger partial charge < -0.3 is 51.4 Å². The Hall–Kier alpha value is -6.82. The number of hydrogen-bond donors (Lipinski definition) is 6. The van der Waals surface area contributed by atoms with Gasteiger partial charge in [-0.15, -0.1) is 0 Å². The van der Waals surface area contributed by atoms with Crippen molar-refractivity contribution < 1.29 is 52.9 Å². The average Bonchev–Trinajstić information content (AvgIpc) is 3.30. The van der Waals surface area contributed by atoms with E-state index in [2.05, 4.69) is 21.3 Å². The van der Waals surface area contributed by atoms with Gasteiger partial charge in [0, 0.05) is 26.9 Å². The Morgan fingerprint density at radius 2 is 1.19 bits per heavy atom. The highest BCUT2D eigenvalue weighted by atomic mass is 16.5. The summed E-state index contributed by atoms with van der Waals surface area (Å²) in [4.78, 5) is 109. The minimum atomic E-state index is -1.54. The quantitative estimate of drug-likeness (QED) is 0.0638. The molecule has 0 radical (unpaired) electrons. The van der Waals surface area contributed by atoms with E-state index in [0.717, 1.165) is 16.0 Å². The number of likely N-dealkylation sites (N-methyl/N-ethyl adjacent to an activating group) is 2. The lowest BCUT2D eigenvalue weighted by molar-refractivity contribution is -0.152. The number of nitrogens with zero attached hydrogens (tertiary/aromatic N) is 2. The Labute approximate surface area is 399 Å². The fourth-order valence-electron chi connectivity index (χ4n) is 7.46. The standard InChI is InChI=1S/C50H69N7O11/c1-31(2)26-38(45(61)52-33(5)47(63)57(7)40(49(65)67-8)28-35-20-14-10-15-21-35)53-43(60)29-41(58)37(27-34-18-12-9-13-19-34)54-46(62)39(24-25-42(51)59)56(6)48(64)44(32(3)4)55-50(66)68-30-36-22-16-11-17-23-36/h9-23,31-33,37-41,44,58H,24-30H2,1-8H3,(H2,51,59)(H,52,61)(H,53,60)(H,54,62)(H,55,66)/t33-,37-,38-,39-,40-,41-,44-/m0/s1. The van der Waals surface area contributed by atoms with Gasteiger partial charge in [-0.3, -0.25) is 28.8 Å². The van der Waals surface area contributed by atoms with Crippen molar-refractivity contribution in [2.45, 2.75) is 122 Å². The molecule has 68 heavy (non-hydrogen) atoms. The van der Waals surface area contributed by atoms with Crippen LogP contribution >= 0.6 is 0 Å². The number of methoxy groups -OCH3 is 1. The number of rotatable bonds is 26. The molecule has 0 aliphatic heterocycles. The van der Waals surface area contributed by atoms with Crippen LogP contribution in [0.5, 0.6) is 0 Å². The number of hydrogen-bond acceptors (Lipinski definition) is 11. The molecule has 0 spiro atoms. The highest BCUT2D eigenvalue weighted by Crippen LogP contribution is 2.17. The van der Waals surface area contributed by atoms with Gasteiger partial charge in [0.2, 0.25) is 35.4 Å². The Kier molecular flexibility index (Phi) is 22.6. The molecule has 0 heterocycles. The van der Waals surface area contributed by atoms with Crippen molar-refractivity contribution in [3.05, 3.63) is 108 Å². The number of benzene rings is 3. The Balaban J connectivity index is 1.79. The van der Waals surface area contributed by atoms with Crippen LogP contribution < -0.4 is 27.0 Å². The maximum absolute atomic E-state index is 14.3. The third-order valence-electron chi connectivity index (χ3n) is 11.3. The average molecular weight is 944 g/mol. The van der Waals surface area contributed by atoms with Gasteiger partial charge >= 0.3 is 12.1 Å². The van der Waals surface area contributed by atoms with Crippen LogP contribution in [0.1, 0.15) is 77.0 Å². The van der Waals surface area contributed by atoms with E-state index in [4.69, 9.17) is 15.2 Å². The number of esters is 1. The number of aliphatic hydroxyl groups is 1. The smallest absolute Gasteiger partial charge is 0.408 e. The fourth-order valence-corrected chi connectivity index (χ4v) is 7.46. The number of ether oxygens (including phenoxy) is 2. The molecule has 3 rings (SSSR count). The molecule has 0 saturated heterocycles. The number of amides is 7. The van der Waals surface area contributed by atoms with E-state index in [1.807, 2.05) is 50.2 Å². The van der Waals surface area contributed by atoms with Crippen LogP contribution in [0.2, 0.25) is 0 Å². The first-order chi connectivity index (χ1) is 32.2. The second-order valence-corrected chi connectivity index (χ2v) is 17.6. The summed E-state index contributed by atoms with van der Waals surface area (Å²) in [6.45, 7) is 8.50. The van der Waals surface area contributed by atoms with Crippen molar-refractivity contribution in [3.8, 4) is 0 Å². The van der Waals surface area contributed by atoms with Crippen molar-refractivity contribution >= 4 is 47.5 Å². The molecule has 7 N–H and O–H groups in total. The second kappa shape index (κ2) is 27.7. The molecule has 0 aromatic heterocycles. The molecule has 370 valence electrons. The summed E-state index contributed by atoms with van der Waals surface area (Å²) in [7, 11) is 4.02. The number of carbonyl (C=O) groups excluding carboxylic acids is 8. The van der Waals surface area contributed by atoms with Crippen LogP contribution in [-0.2, 0) is 62.5 Å². The van der Waals surface area contributed by atoms with Gasteiger partial charge in [0.1, 0.15) is 36.8 Å². The summed E-state index contributed by atoms with van der Waals surface area (Å²) >= 11 is 0. The molecule has 3 aromatic rings. The van der Waals surface area contributed by atoms with E-state index in [0.29, 0.717) is 5.56 Å². The summed E-state index contributed by atoms with van der Waals surface area (Å²) < 4.78 is 10.3. The number of nitrogens with two attached hydrogens (primary N) is 1. The molecule has 0 bridgehead atoms. The van der Waals surface area contributed by atoms with E-state index in [9.17, 15) is 43.5 Å². The zero-order valence-corrected chi connectivity index (χ0v) is 40.3. The maximum atomic E-state index is 14.3. The van der Waals surface area contributed by atoms with Crippen LogP contribution in [0, 0.1) is 11.8 Å². The summed E-state index contributed by atoms with van der Waals surface area (Å²) in [5.41, 5.74) is 7.69. The van der Waals surface area contributed by atoms with Gasteiger partial charge in [0.25, 0.3) is 0 Å². The third-order valence-corrected chi connectivity index (χ3v) is 11.3. The zero-order chi connectivity index (χ0) is 50.5.